The van der Waals surface area contributed by atoms with E-state index in [-0.39, 0.29) is 0 Å². The summed E-state index contributed by atoms with van der Waals surface area (Å²) in [5, 5.41) is 0. The van der Waals surface area contributed by atoms with Crippen molar-refractivity contribution in [3.63, 3.8) is 0 Å². The molecule has 0 aliphatic heterocycles. The van der Waals surface area contributed by atoms with E-state index in [0.29, 0.717) is 0 Å². The summed E-state index contributed by atoms with van der Waals surface area (Å²) >= 11 is -0.826. The molecule has 0 fully saturated rings. The Bertz CT molecular complexity index is 391. The molecule has 0 saturated carbocycles. The van der Waals surface area contributed by atoms with E-state index < -0.39 is 20.8 Å². The second kappa shape index (κ2) is 15.9. The molecule has 3 heteroatoms. The second-order valence-corrected chi connectivity index (χ2v) is 9.82. The van der Waals surface area contributed by atoms with Gasteiger partial charge in [-0.05, 0) is 0 Å². The van der Waals surface area contributed by atoms with Crippen LogP contribution in [0.25, 0.3) is 0 Å². The van der Waals surface area contributed by atoms with Gasteiger partial charge in [0.15, 0.2) is 0 Å². The molecule has 23 heavy (non-hydrogen) atoms. The standard InChI is InChI=1S/2C10H15.2ClH.Zr/c2*1-3-4-5-10-7-6-9(2)8-10;;;/h2*7H,3-5,8H2,1-2H3;2*1H;/q2*-1;;;+4/p-2. The number of allylic oxidation sites excluding steroid dienone is 8. The molecule has 0 unspecified atom stereocenters. The molecular formula is C20H30Cl2Zr. The quantitative estimate of drug-likeness (QED) is 0.374. The average Bonchev–Trinajstić information content (AvgIpc) is 3.13. The molecule has 0 bridgehead atoms. The van der Waals surface area contributed by atoms with Gasteiger partial charge in [0.25, 0.3) is 0 Å². The number of unbranched alkanes of at least 4 members (excludes halogenated alkanes) is 2. The summed E-state index contributed by atoms with van der Waals surface area (Å²) in [7, 11) is 9.87. The fourth-order valence-corrected chi connectivity index (χ4v) is 2.46. The van der Waals surface area contributed by atoms with Crippen molar-refractivity contribution in [1.82, 2.24) is 0 Å². The summed E-state index contributed by atoms with van der Waals surface area (Å²) in [5.41, 5.74) is 5.93. The van der Waals surface area contributed by atoms with E-state index in [2.05, 4.69) is 52.0 Å². The Kier molecular flexibility index (Phi) is 16.2. The van der Waals surface area contributed by atoms with Gasteiger partial charge in [-0.3, -0.25) is 12.2 Å². The zero-order chi connectivity index (χ0) is 17.5. The fourth-order valence-electron chi connectivity index (χ4n) is 2.46. The minimum absolute atomic E-state index is 0.826. The normalized spacial score (nSPS) is 15.2. The van der Waals surface area contributed by atoms with Gasteiger partial charge in [-0.25, -0.2) is 23.3 Å². The Morgan fingerprint density at radius 2 is 1.22 bits per heavy atom. The molecule has 0 atom stereocenters. The molecule has 0 radical (unpaired) electrons. The molecule has 2 aliphatic rings. The van der Waals surface area contributed by atoms with E-state index in [1.807, 2.05) is 0 Å². The van der Waals surface area contributed by atoms with Gasteiger partial charge in [-0.15, -0.1) is 0 Å². The Labute approximate surface area is 162 Å². The maximum atomic E-state index is 4.93. The SMILES string of the molecule is CCCCC1=C[C-]=C(C)C1.CCCCC1=C[C-]=C(C)C1.[Cl][Zr+2][Cl]. The second-order valence-electron chi connectivity index (χ2n) is 6.09. The van der Waals surface area contributed by atoms with Gasteiger partial charge in [0, 0.05) is 0 Å². The molecule has 0 heterocycles. The Hall–Kier alpha value is 0.423. The molecular weight excluding hydrogens is 402 g/mol. The summed E-state index contributed by atoms with van der Waals surface area (Å²) in [6.45, 7) is 8.77. The summed E-state index contributed by atoms with van der Waals surface area (Å²) in [6.07, 6.45) is 21.0. The number of rotatable bonds is 6. The van der Waals surface area contributed by atoms with Gasteiger partial charge >= 0.3 is 37.9 Å². The summed E-state index contributed by atoms with van der Waals surface area (Å²) < 4.78 is 0. The van der Waals surface area contributed by atoms with Crippen LogP contribution in [0.15, 0.2) is 34.4 Å². The van der Waals surface area contributed by atoms with Crippen LogP contribution in [0.2, 0.25) is 0 Å². The van der Waals surface area contributed by atoms with Crippen LogP contribution in [0.4, 0.5) is 0 Å². The van der Waals surface area contributed by atoms with Crippen LogP contribution in [0.5, 0.6) is 0 Å². The van der Waals surface area contributed by atoms with Crippen molar-refractivity contribution in [2.45, 2.75) is 79.1 Å². The Morgan fingerprint density at radius 3 is 1.43 bits per heavy atom. The zero-order valence-corrected chi connectivity index (χ0v) is 19.0. The molecule has 2 aliphatic carbocycles. The topological polar surface area (TPSA) is 0 Å². The van der Waals surface area contributed by atoms with Gasteiger partial charge in [-0.1, -0.05) is 79.1 Å². The molecule has 0 nitrogen and oxygen atoms in total. The van der Waals surface area contributed by atoms with Crippen LogP contribution in [-0.2, 0) is 20.8 Å². The third kappa shape index (κ3) is 13.4. The predicted octanol–water partition coefficient (Wildman–Crippen LogP) is 7.89. The van der Waals surface area contributed by atoms with Gasteiger partial charge in [0.1, 0.15) is 0 Å². The van der Waals surface area contributed by atoms with Crippen LogP contribution < -0.4 is 0 Å². The van der Waals surface area contributed by atoms with Crippen LogP contribution in [0.3, 0.4) is 0 Å². The van der Waals surface area contributed by atoms with E-state index in [1.54, 1.807) is 11.1 Å². The van der Waals surface area contributed by atoms with Crippen molar-refractivity contribution < 1.29 is 20.8 Å². The van der Waals surface area contributed by atoms with Crippen LogP contribution in [-0.4, -0.2) is 0 Å². The first kappa shape index (κ1) is 23.4. The van der Waals surface area contributed by atoms with Crippen LogP contribution >= 0.6 is 17.0 Å². The third-order valence-corrected chi connectivity index (χ3v) is 3.73. The van der Waals surface area contributed by atoms with Crippen molar-refractivity contribution in [2.75, 3.05) is 0 Å². The van der Waals surface area contributed by atoms with Gasteiger partial charge in [-0.2, -0.15) is 11.1 Å². The van der Waals surface area contributed by atoms with Gasteiger partial charge < -0.3 is 0 Å². The molecule has 0 saturated heterocycles. The molecule has 0 spiro atoms. The monoisotopic (exact) mass is 430 g/mol. The predicted molar refractivity (Wildman–Crippen MR) is 101 cm³/mol. The first-order chi connectivity index (χ1) is 11.1. The van der Waals surface area contributed by atoms with Gasteiger partial charge in [0.05, 0.1) is 0 Å². The van der Waals surface area contributed by atoms with E-state index in [4.69, 9.17) is 17.0 Å². The number of hydrogen-bond donors (Lipinski definition) is 0. The van der Waals surface area contributed by atoms with E-state index in [1.165, 1.54) is 62.5 Å². The molecule has 2 rings (SSSR count). The summed E-state index contributed by atoms with van der Waals surface area (Å²) in [4.78, 5) is 0. The first-order valence-electron chi connectivity index (χ1n) is 8.57. The van der Waals surface area contributed by atoms with Crippen molar-refractivity contribution in [3.8, 4) is 0 Å². The van der Waals surface area contributed by atoms with Crippen LogP contribution in [0, 0.1) is 12.2 Å². The summed E-state index contributed by atoms with van der Waals surface area (Å²) in [5.74, 6) is 0. The minimum atomic E-state index is -0.826. The number of hydrogen-bond acceptors (Lipinski definition) is 0. The number of halogens is 2. The van der Waals surface area contributed by atoms with Crippen molar-refractivity contribution >= 4 is 17.0 Å². The van der Waals surface area contributed by atoms with Crippen molar-refractivity contribution in [3.05, 3.63) is 46.6 Å². The van der Waals surface area contributed by atoms with Crippen molar-refractivity contribution in [2.24, 2.45) is 0 Å². The van der Waals surface area contributed by atoms with Gasteiger partial charge in [0.2, 0.25) is 0 Å². The van der Waals surface area contributed by atoms with E-state index in [0.717, 1.165) is 0 Å². The fraction of sp³-hybridized carbons (Fsp3) is 0.600. The average molecular weight is 433 g/mol. The molecule has 0 N–H and O–H groups in total. The summed E-state index contributed by atoms with van der Waals surface area (Å²) in [6, 6.07) is 0. The molecule has 128 valence electrons. The zero-order valence-electron chi connectivity index (χ0n) is 15.1. The molecule has 0 aromatic carbocycles. The van der Waals surface area contributed by atoms with E-state index >= 15 is 0 Å². The molecule has 0 aromatic heterocycles. The van der Waals surface area contributed by atoms with Crippen molar-refractivity contribution in [1.29, 1.82) is 0 Å². The third-order valence-electron chi connectivity index (χ3n) is 3.73. The molecule has 0 amide bonds. The van der Waals surface area contributed by atoms with E-state index in [9.17, 15) is 0 Å². The van der Waals surface area contributed by atoms with Crippen LogP contribution in [0.1, 0.15) is 79.1 Å². The first-order valence-corrected chi connectivity index (χ1v) is 14.9. The maximum absolute atomic E-state index is 4.93. The Balaban J connectivity index is 0.000000360. The molecule has 0 aromatic rings. The Morgan fingerprint density at radius 1 is 0.870 bits per heavy atom.